The van der Waals surface area contributed by atoms with E-state index < -0.39 is 0 Å². The Balaban J connectivity index is 1.95. The Hall–Kier alpha value is -2.31. The van der Waals surface area contributed by atoms with Gasteiger partial charge in [0.15, 0.2) is 5.16 Å². The fourth-order valence-electron chi connectivity index (χ4n) is 2.98. The highest BCUT2D eigenvalue weighted by molar-refractivity contribution is 7.98. The molecule has 3 aromatic rings. The van der Waals surface area contributed by atoms with Gasteiger partial charge in [0.05, 0.1) is 18.0 Å². The van der Waals surface area contributed by atoms with Gasteiger partial charge >= 0.3 is 0 Å². The molecule has 0 radical (unpaired) electrons. The maximum absolute atomic E-state index is 13.0. The second-order valence-corrected chi connectivity index (χ2v) is 7.26. The maximum atomic E-state index is 13.0. The molecule has 1 aromatic heterocycles. The predicted molar refractivity (Wildman–Crippen MR) is 110 cm³/mol. The first-order valence-electron chi connectivity index (χ1n) is 8.89. The molecule has 0 aliphatic carbocycles. The summed E-state index contributed by atoms with van der Waals surface area (Å²) >= 11 is 1.56. The number of benzene rings is 2. The van der Waals surface area contributed by atoms with Crippen LogP contribution in [0.3, 0.4) is 0 Å². The zero-order valence-electron chi connectivity index (χ0n) is 15.9. The lowest BCUT2D eigenvalue weighted by molar-refractivity contribution is 0.189. The molecular formula is C21H24N2O3S. The van der Waals surface area contributed by atoms with E-state index >= 15 is 0 Å². The summed E-state index contributed by atoms with van der Waals surface area (Å²) in [5, 5.41) is 1.37. The number of aryl methyl sites for hydroxylation is 1. The Kier molecular flexibility index (Phi) is 6.53. The van der Waals surface area contributed by atoms with Gasteiger partial charge in [0.1, 0.15) is 5.75 Å². The first kappa shape index (κ1) is 19.5. The zero-order chi connectivity index (χ0) is 19.2. The molecule has 27 heavy (non-hydrogen) atoms. The van der Waals surface area contributed by atoms with E-state index in [2.05, 4.69) is 13.0 Å². The summed E-state index contributed by atoms with van der Waals surface area (Å²) in [6, 6.07) is 13.6. The van der Waals surface area contributed by atoms with E-state index in [0.717, 1.165) is 28.4 Å². The maximum Gasteiger partial charge on any atom is 0.262 e. The number of rotatable bonds is 8. The zero-order valence-corrected chi connectivity index (χ0v) is 16.7. The molecule has 0 N–H and O–H groups in total. The van der Waals surface area contributed by atoms with Crippen molar-refractivity contribution >= 4 is 22.7 Å². The minimum absolute atomic E-state index is 0.00425. The first-order valence-corrected chi connectivity index (χ1v) is 9.87. The molecule has 0 amide bonds. The summed E-state index contributed by atoms with van der Waals surface area (Å²) in [4.78, 5) is 17.7. The van der Waals surface area contributed by atoms with Gasteiger partial charge in [0, 0.05) is 31.6 Å². The predicted octanol–water partition coefficient (Wildman–Crippen LogP) is 4.04. The summed E-state index contributed by atoms with van der Waals surface area (Å²) in [5.74, 6) is 1.53. The number of hydrogen-bond donors (Lipinski definition) is 0. The van der Waals surface area contributed by atoms with Gasteiger partial charge < -0.3 is 9.47 Å². The molecule has 0 saturated carbocycles. The van der Waals surface area contributed by atoms with E-state index in [1.165, 1.54) is 5.56 Å². The number of aromatic nitrogens is 2. The van der Waals surface area contributed by atoms with Crippen LogP contribution in [0.2, 0.25) is 0 Å². The summed E-state index contributed by atoms with van der Waals surface area (Å²) < 4.78 is 12.4. The van der Waals surface area contributed by atoms with Crippen molar-refractivity contribution in [3.8, 4) is 5.75 Å². The molecule has 0 aliphatic rings. The van der Waals surface area contributed by atoms with Gasteiger partial charge in [-0.05, 0) is 31.5 Å². The van der Waals surface area contributed by atoms with E-state index in [9.17, 15) is 4.79 Å². The molecule has 0 fully saturated rings. The number of ether oxygens (including phenoxy) is 2. The summed E-state index contributed by atoms with van der Waals surface area (Å²) in [5.41, 5.74) is 2.99. The Labute approximate surface area is 163 Å². The van der Waals surface area contributed by atoms with Crippen LogP contribution in [-0.4, -0.2) is 30.4 Å². The second-order valence-electron chi connectivity index (χ2n) is 6.32. The summed E-state index contributed by atoms with van der Waals surface area (Å²) in [6.07, 6.45) is 0.762. The molecule has 142 valence electrons. The Morgan fingerprint density at radius 2 is 1.96 bits per heavy atom. The van der Waals surface area contributed by atoms with E-state index in [0.29, 0.717) is 24.3 Å². The first-order chi connectivity index (χ1) is 13.1. The van der Waals surface area contributed by atoms with Crippen molar-refractivity contribution in [2.24, 2.45) is 0 Å². The topological polar surface area (TPSA) is 53.4 Å². The van der Waals surface area contributed by atoms with Crippen LogP contribution in [0, 0.1) is 6.92 Å². The molecule has 0 spiro atoms. The van der Waals surface area contributed by atoms with Gasteiger partial charge in [0.25, 0.3) is 5.56 Å². The third kappa shape index (κ3) is 4.51. The number of para-hydroxylation sites is 1. The lowest BCUT2D eigenvalue weighted by Crippen LogP contribution is -2.24. The van der Waals surface area contributed by atoms with Gasteiger partial charge in [-0.3, -0.25) is 9.36 Å². The summed E-state index contributed by atoms with van der Waals surface area (Å²) in [7, 11) is 3.34. The molecule has 0 aliphatic heterocycles. The molecule has 2 aromatic carbocycles. The van der Waals surface area contributed by atoms with Crippen LogP contribution >= 0.6 is 11.8 Å². The van der Waals surface area contributed by atoms with Crippen molar-refractivity contribution in [3.05, 3.63) is 63.9 Å². The highest BCUT2D eigenvalue weighted by Gasteiger charge is 2.13. The van der Waals surface area contributed by atoms with Crippen molar-refractivity contribution in [1.82, 2.24) is 9.55 Å². The quantitative estimate of drug-likeness (QED) is 0.333. The normalized spacial score (nSPS) is 11.1. The van der Waals surface area contributed by atoms with Crippen LogP contribution in [0.4, 0.5) is 0 Å². The summed E-state index contributed by atoms with van der Waals surface area (Å²) in [6.45, 7) is 3.25. The molecule has 0 saturated heterocycles. The van der Waals surface area contributed by atoms with Crippen molar-refractivity contribution in [2.45, 2.75) is 30.8 Å². The molecular weight excluding hydrogens is 360 g/mol. The highest BCUT2D eigenvalue weighted by atomic mass is 32.2. The van der Waals surface area contributed by atoms with Gasteiger partial charge in [-0.2, -0.15) is 0 Å². The van der Waals surface area contributed by atoms with Crippen molar-refractivity contribution < 1.29 is 9.47 Å². The minimum atomic E-state index is -0.00425. The highest BCUT2D eigenvalue weighted by Crippen LogP contribution is 2.28. The fraction of sp³-hybridized carbons (Fsp3) is 0.333. The van der Waals surface area contributed by atoms with Crippen molar-refractivity contribution in [1.29, 1.82) is 0 Å². The van der Waals surface area contributed by atoms with Gasteiger partial charge in [-0.15, -0.1) is 0 Å². The third-order valence-corrected chi connectivity index (χ3v) is 5.37. The molecule has 3 rings (SSSR count). The molecule has 0 atom stereocenters. The molecule has 0 unspecified atom stereocenters. The number of hydrogen-bond acceptors (Lipinski definition) is 5. The largest absolute Gasteiger partial charge is 0.496 e. The smallest absolute Gasteiger partial charge is 0.262 e. The Morgan fingerprint density at radius 1 is 1.15 bits per heavy atom. The molecule has 1 heterocycles. The number of fused-ring (bicyclic) bond motifs is 1. The average Bonchev–Trinajstić information content (AvgIpc) is 2.68. The van der Waals surface area contributed by atoms with E-state index in [-0.39, 0.29) is 5.56 Å². The Morgan fingerprint density at radius 3 is 2.74 bits per heavy atom. The number of nitrogens with zero attached hydrogens (tertiary/aromatic N) is 2. The molecule has 5 nitrogen and oxygen atoms in total. The standard InChI is InChI=1S/C21H24N2O3S/c1-15-9-10-19(26-3)16(13-15)14-27-21-22-18-8-5-4-7-17(18)20(24)23(21)11-6-12-25-2/h4-5,7-10,13H,6,11-12,14H2,1-3H3. The van der Waals surface area contributed by atoms with Gasteiger partial charge in [-0.1, -0.05) is 41.6 Å². The van der Waals surface area contributed by atoms with Crippen LogP contribution in [0.1, 0.15) is 17.5 Å². The second kappa shape index (κ2) is 9.06. The van der Waals surface area contributed by atoms with E-state index in [4.69, 9.17) is 14.5 Å². The lowest BCUT2D eigenvalue weighted by atomic mass is 10.1. The molecule has 6 heteroatoms. The SMILES string of the molecule is COCCCn1c(SCc2cc(C)ccc2OC)nc2ccccc2c1=O. The average molecular weight is 385 g/mol. The van der Waals surface area contributed by atoms with Crippen molar-refractivity contribution in [3.63, 3.8) is 0 Å². The Bertz CT molecular complexity index is 985. The third-order valence-electron chi connectivity index (χ3n) is 4.35. The van der Waals surface area contributed by atoms with Gasteiger partial charge in [0.2, 0.25) is 0 Å². The van der Waals surface area contributed by atoms with Crippen LogP contribution in [-0.2, 0) is 17.0 Å². The van der Waals surface area contributed by atoms with Crippen molar-refractivity contribution in [2.75, 3.05) is 20.8 Å². The van der Waals surface area contributed by atoms with Crippen LogP contribution in [0.5, 0.6) is 5.75 Å². The van der Waals surface area contributed by atoms with Crippen LogP contribution < -0.4 is 10.3 Å². The minimum Gasteiger partial charge on any atom is -0.496 e. The van der Waals surface area contributed by atoms with Crippen LogP contribution in [0.15, 0.2) is 52.4 Å². The van der Waals surface area contributed by atoms with E-state index in [1.54, 1.807) is 30.5 Å². The fourth-order valence-corrected chi connectivity index (χ4v) is 3.99. The lowest BCUT2D eigenvalue weighted by Gasteiger charge is -2.14. The van der Waals surface area contributed by atoms with Crippen LogP contribution in [0.25, 0.3) is 10.9 Å². The number of methoxy groups -OCH3 is 2. The van der Waals surface area contributed by atoms with Gasteiger partial charge in [-0.25, -0.2) is 4.98 Å². The number of thioether (sulfide) groups is 1. The van der Waals surface area contributed by atoms with E-state index in [1.807, 2.05) is 36.4 Å². The molecule has 0 bridgehead atoms. The monoisotopic (exact) mass is 384 g/mol.